The third kappa shape index (κ3) is 2.46. The Morgan fingerprint density at radius 1 is 0.861 bits per heavy atom. The second kappa shape index (κ2) is 7.33. The van der Waals surface area contributed by atoms with Crippen molar-refractivity contribution in [3.05, 3.63) is 65.7 Å². The van der Waals surface area contributed by atoms with Crippen LogP contribution in [0.1, 0.15) is 88.7 Å². The van der Waals surface area contributed by atoms with E-state index in [9.17, 15) is 0 Å². The van der Waals surface area contributed by atoms with Gasteiger partial charge in [-0.1, -0.05) is 75.1 Å². The molecule has 2 nitrogen and oxygen atoms in total. The highest BCUT2D eigenvalue weighted by molar-refractivity contribution is 8.03. The molecule has 0 radical (unpaired) electrons. The van der Waals surface area contributed by atoms with E-state index in [0.29, 0.717) is 5.92 Å². The molecule has 2 aliphatic carbocycles. The molecule has 0 amide bonds. The fourth-order valence-corrected chi connectivity index (χ4v) is 13.7. The Morgan fingerprint density at radius 2 is 1.58 bits per heavy atom. The zero-order valence-electron chi connectivity index (χ0n) is 21.3. The van der Waals surface area contributed by atoms with Gasteiger partial charge >= 0.3 is 0 Å². The molecule has 0 N–H and O–H groups in total. The van der Waals surface area contributed by atoms with Crippen molar-refractivity contribution < 1.29 is 4.57 Å². The van der Waals surface area contributed by atoms with Gasteiger partial charge in [0.15, 0.2) is 7.14 Å². The van der Waals surface area contributed by atoms with E-state index in [1.54, 1.807) is 11.1 Å². The Bertz CT molecular complexity index is 1490. The molecule has 0 aromatic heterocycles. The minimum atomic E-state index is -2.98. The second-order valence-electron chi connectivity index (χ2n) is 12.2. The average Bonchev–Trinajstić information content (AvgIpc) is 3.12. The van der Waals surface area contributed by atoms with Crippen LogP contribution in [0.3, 0.4) is 0 Å². The molecule has 8 rings (SSSR count). The maximum atomic E-state index is 15.7. The quantitative estimate of drug-likeness (QED) is 0.242. The molecule has 3 atom stereocenters. The first-order chi connectivity index (χ1) is 17.5. The lowest BCUT2D eigenvalue weighted by Gasteiger charge is -2.52. The van der Waals surface area contributed by atoms with Gasteiger partial charge in [-0.25, -0.2) is 0 Å². The van der Waals surface area contributed by atoms with E-state index in [1.165, 1.54) is 79.0 Å². The lowest BCUT2D eigenvalue weighted by Crippen LogP contribution is -2.56. The molecular weight excluding hydrogens is 477 g/mol. The summed E-state index contributed by atoms with van der Waals surface area (Å²) in [5.74, 6) is 0.632. The van der Waals surface area contributed by atoms with Gasteiger partial charge in [0.25, 0.3) is 0 Å². The molecule has 3 aliphatic heterocycles. The van der Waals surface area contributed by atoms with E-state index in [0.717, 1.165) is 15.9 Å². The number of para-hydroxylation sites is 1. The van der Waals surface area contributed by atoms with Gasteiger partial charge in [0, 0.05) is 25.8 Å². The molecule has 2 saturated carbocycles. The summed E-state index contributed by atoms with van der Waals surface area (Å²) in [5, 5.41) is 3.27. The van der Waals surface area contributed by atoms with E-state index in [4.69, 9.17) is 0 Å². The lowest BCUT2D eigenvalue weighted by atomic mass is 9.60. The Hall–Kier alpha value is -1.96. The summed E-state index contributed by atoms with van der Waals surface area (Å²) in [5.41, 5.74) is 5.81. The SMILES string of the molecule is CC12CCCCC1(C)N1c3ccccc3P3(=O)c4ccccc4Sc4cc(C5CCCCC5)c2c1c43. The number of rotatable bonds is 1. The van der Waals surface area contributed by atoms with E-state index in [2.05, 4.69) is 73.3 Å². The molecule has 5 aliphatic rings. The largest absolute Gasteiger partial charge is 0.333 e. The van der Waals surface area contributed by atoms with Crippen molar-refractivity contribution >= 4 is 46.2 Å². The van der Waals surface area contributed by atoms with E-state index in [-0.39, 0.29) is 11.0 Å². The third-order valence-electron chi connectivity index (χ3n) is 10.6. The molecule has 4 heteroatoms. The van der Waals surface area contributed by atoms with Gasteiger partial charge in [-0.2, -0.15) is 0 Å². The van der Waals surface area contributed by atoms with Crippen molar-refractivity contribution in [2.45, 2.75) is 98.3 Å². The smallest absolute Gasteiger partial charge is 0.177 e. The summed E-state index contributed by atoms with van der Waals surface area (Å²) < 4.78 is 15.7. The van der Waals surface area contributed by atoms with Crippen molar-refractivity contribution in [3.8, 4) is 0 Å². The molecular formula is C32H34NOPS. The Morgan fingerprint density at radius 3 is 2.42 bits per heavy atom. The summed E-state index contributed by atoms with van der Waals surface area (Å²) in [6.07, 6.45) is 11.6. The minimum absolute atomic E-state index is 0.00904. The average molecular weight is 512 g/mol. The van der Waals surface area contributed by atoms with Crippen LogP contribution in [0, 0.1) is 0 Å². The molecule has 0 spiro atoms. The van der Waals surface area contributed by atoms with E-state index in [1.807, 2.05) is 11.8 Å². The van der Waals surface area contributed by atoms with Gasteiger partial charge in [0.1, 0.15) is 0 Å². The molecule has 3 heterocycles. The van der Waals surface area contributed by atoms with Crippen LogP contribution in [0.25, 0.3) is 0 Å². The Kier molecular flexibility index (Phi) is 4.49. The van der Waals surface area contributed by atoms with Crippen LogP contribution >= 0.6 is 18.9 Å². The van der Waals surface area contributed by atoms with Crippen LogP contribution in [0.2, 0.25) is 0 Å². The molecule has 184 valence electrons. The van der Waals surface area contributed by atoms with Gasteiger partial charge in [-0.15, -0.1) is 0 Å². The zero-order valence-corrected chi connectivity index (χ0v) is 23.1. The molecule has 0 bridgehead atoms. The van der Waals surface area contributed by atoms with Gasteiger partial charge in [0.2, 0.25) is 0 Å². The molecule has 3 unspecified atom stereocenters. The predicted molar refractivity (Wildman–Crippen MR) is 152 cm³/mol. The number of fused-ring (bicyclic) bond motifs is 8. The summed E-state index contributed by atoms with van der Waals surface area (Å²) in [4.78, 5) is 5.16. The van der Waals surface area contributed by atoms with Crippen molar-refractivity contribution in [2.24, 2.45) is 0 Å². The first kappa shape index (κ1) is 22.1. The summed E-state index contributed by atoms with van der Waals surface area (Å²) in [6.45, 7) is 5.09. The molecule has 36 heavy (non-hydrogen) atoms. The third-order valence-corrected chi connectivity index (χ3v) is 15.2. The molecule has 2 fully saturated rings. The standard InChI is InChI=1S/C32H34NOPS/c1-31-18-10-11-19-32(31,2)33-23-14-6-7-15-24(23)35(34)25-16-8-9-17-26(25)36-27-20-22(21-12-4-3-5-13-21)28(31)29(33)30(27)35/h6-9,14-17,20-21H,3-5,10-13,18-19H2,1-2H3. The summed E-state index contributed by atoms with van der Waals surface area (Å²) >= 11 is 1.87. The first-order valence-corrected chi connectivity index (χ1v) is 16.5. The minimum Gasteiger partial charge on any atom is -0.333 e. The number of hydrogen-bond donors (Lipinski definition) is 0. The Labute approximate surface area is 219 Å². The normalized spacial score (nSPS) is 31.9. The Balaban J connectivity index is 1.54. The van der Waals surface area contributed by atoms with Crippen molar-refractivity contribution in [2.75, 3.05) is 4.90 Å². The fraction of sp³-hybridized carbons (Fsp3) is 0.438. The van der Waals surface area contributed by atoms with Crippen LogP contribution in [-0.2, 0) is 9.98 Å². The number of nitrogens with zero attached hydrogens (tertiary/aromatic N) is 1. The van der Waals surface area contributed by atoms with Crippen molar-refractivity contribution in [3.63, 3.8) is 0 Å². The van der Waals surface area contributed by atoms with E-state index >= 15 is 4.57 Å². The van der Waals surface area contributed by atoms with Crippen LogP contribution in [-0.4, -0.2) is 5.54 Å². The topological polar surface area (TPSA) is 20.3 Å². The number of hydrogen-bond acceptors (Lipinski definition) is 3. The molecule has 3 aromatic carbocycles. The maximum Gasteiger partial charge on any atom is 0.177 e. The van der Waals surface area contributed by atoms with Crippen LogP contribution < -0.4 is 20.8 Å². The van der Waals surface area contributed by atoms with Gasteiger partial charge in [-0.3, -0.25) is 0 Å². The first-order valence-electron chi connectivity index (χ1n) is 14.0. The van der Waals surface area contributed by atoms with Crippen LogP contribution in [0.15, 0.2) is 64.4 Å². The summed E-state index contributed by atoms with van der Waals surface area (Å²) in [7, 11) is -2.98. The molecule has 3 aromatic rings. The van der Waals surface area contributed by atoms with Crippen molar-refractivity contribution in [1.29, 1.82) is 0 Å². The fourth-order valence-electron chi connectivity index (χ4n) is 8.66. The van der Waals surface area contributed by atoms with Gasteiger partial charge in [0.05, 0.1) is 22.2 Å². The molecule has 0 saturated heterocycles. The van der Waals surface area contributed by atoms with Gasteiger partial charge < -0.3 is 9.46 Å². The highest BCUT2D eigenvalue weighted by Crippen LogP contribution is 2.69. The monoisotopic (exact) mass is 511 g/mol. The van der Waals surface area contributed by atoms with Crippen LogP contribution in [0.5, 0.6) is 0 Å². The second-order valence-corrected chi connectivity index (χ2v) is 15.9. The number of anilines is 2. The number of benzene rings is 3. The highest BCUT2D eigenvalue weighted by Gasteiger charge is 2.63. The van der Waals surface area contributed by atoms with Crippen molar-refractivity contribution in [1.82, 2.24) is 0 Å². The summed E-state index contributed by atoms with van der Waals surface area (Å²) in [6, 6.07) is 19.8. The predicted octanol–water partition coefficient (Wildman–Crippen LogP) is 7.89. The van der Waals surface area contributed by atoms with Gasteiger partial charge in [-0.05, 0) is 80.0 Å². The zero-order chi connectivity index (χ0) is 24.3. The lowest BCUT2D eigenvalue weighted by molar-refractivity contribution is 0.193. The van der Waals surface area contributed by atoms with Crippen LogP contribution in [0.4, 0.5) is 11.4 Å². The maximum absolute atomic E-state index is 15.7. The highest BCUT2D eigenvalue weighted by atomic mass is 32.2. The van der Waals surface area contributed by atoms with E-state index < -0.39 is 7.14 Å².